The number of anilines is 3. The summed E-state index contributed by atoms with van der Waals surface area (Å²) in [7, 11) is 0. The number of esters is 1. The molecule has 2 amide bonds. The third-order valence-electron chi connectivity index (χ3n) is 5.59. The van der Waals surface area contributed by atoms with Gasteiger partial charge in [0.1, 0.15) is 0 Å². The Balaban J connectivity index is 1.31. The highest BCUT2D eigenvalue weighted by atomic mass is 16.5. The Labute approximate surface area is 184 Å². The number of hydrogen-bond donors (Lipinski definition) is 2. The summed E-state index contributed by atoms with van der Waals surface area (Å²) in [5.74, 6) is -1.19. The molecule has 1 aliphatic carbocycles. The lowest BCUT2D eigenvalue weighted by molar-refractivity contribution is -0.147. The number of imide groups is 1. The monoisotopic (exact) mass is 436 g/mol. The average Bonchev–Trinajstić information content (AvgIpc) is 3.02. The van der Waals surface area contributed by atoms with E-state index in [4.69, 9.17) is 10.5 Å². The van der Waals surface area contributed by atoms with Gasteiger partial charge in [-0.1, -0.05) is 30.4 Å². The molecule has 1 fully saturated rings. The van der Waals surface area contributed by atoms with Crippen LogP contribution in [0.1, 0.15) is 30.7 Å². The lowest BCUT2D eigenvalue weighted by Gasteiger charge is -2.14. The van der Waals surface area contributed by atoms with Crippen LogP contribution in [-0.4, -0.2) is 44.2 Å². The van der Waals surface area contributed by atoms with Crippen molar-refractivity contribution in [2.24, 2.45) is 11.8 Å². The fourth-order valence-electron chi connectivity index (χ4n) is 3.90. The summed E-state index contributed by atoms with van der Waals surface area (Å²) in [6, 6.07) is 7.62. The van der Waals surface area contributed by atoms with Crippen molar-refractivity contribution < 1.29 is 19.1 Å². The topological polar surface area (TPSA) is 140 Å². The largest absolute Gasteiger partial charge is 0.457 e. The number of allylic oxidation sites excluding steroid dienone is 2. The maximum Gasteiger partial charge on any atom is 0.308 e. The number of hydrogen-bond acceptors (Lipinski definition) is 9. The van der Waals surface area contributed by atoms with E-state index < -0.39 is 5.97 Å². The van der Waals surface area contributed by atoms with Gasteiger partial charge in [0.25, 0.3) is 0 Å². The van der Waals surface area contributed by atoms with Gasteiger partial charge in [-0.2, -0.15) is 15.0 Å². The van der Waals surface area contributed by atoms with Gasteiger partial charge in [-0.15, -0.1) is 0 Å². The number of aromatic nitrogens is 3. The molecule has 0 radical (unpaired) electrons. The first kappa shape index (κ1) is 21.4. The summed E-state index contributed by atoms with van der Waals surface area (Å²) in [6.07, 6.45) is 4.88. The highest BCUT2D eigenvalue weighted by molar-refractivity contribution is 6.05. The third-order valence-corrected chi connectivity index (χ3v) is 5.59. The minimum absolute atomic E-state index is 0.00291. The maximum atomic E-state index is 12.5. The predicted molar refractivity (Wildman–Crippen MR) is 115 cm³/mol. The Morgan fingerprint density at radius 1 is 1.12 bits per heavy atom. The first-order valence-corrected chi connectivity index (χ1v) is 10.4. The van der Waals surface area contributed by atoms with Crippen molar-refractivity contribution in [1.29, 1.82) is 0 Å². The molecule has 10 nitrogen and oxygen atoms in total. The van der Waals surface area contributed by atoms with E-state index in [9.17, 15) is 14.4 Å². The fourth-order valence-corrected chi connectivity index (χ4v) is 3.90. The Morgan fingerprint density at radius 2 is 1.81 bits per heavy atom. The number of rotatable bonds is 7. The summed E-state index contributed by atoms with van der Waals surface area (Å²) in [5, 5.41) is 3.07. The molecule has 1 aromatic carbocycles. The van der Waals surface area contributed by atoms with Gasteiger partial charge in [-0.3, -0.25) is 19.3 Å². The van der Waals surface area contributed by atoms with Gasteiger partial charge in [0.15, 0.2) is 12.4 Å². The number of para-hydroxylation sites is 1. The second-order valence-electron chi connectivity index (χ2n) is 7.77. The van der Waals surface area contributed by atoms with Gasteiger partial charge >= 0.3 is 5.97 Å². The molecule has 0 saturated carbocycles. The van der Waals surface area contributed by atoms with Crippen LogP contribution < -0.4 is 11.1 Å². The van der Waals surface area contributed by atoms with Crippen LogP contribution in [0.25, 0.3) is 0 Å². The molecule has 2 aromatic rings. The molecular weight excluding hydrogens is 412 g/mol. The molecule has 32 heavy (non-hydrogen) atoms. The fraction of sp³-hybridized carbons (Fsp3) is 0.364. The van der Waals surface area contributed by atoms with Crippen LogP contribution in [0.2, 0.25) is 0 Å². The van der Waals surface area contributed by atoms with E-state index in [1.165, 1.54) is 4.90 Å². The number of nitrogen functional groups attached to an aromatic ring is 1. The zero-order chi connectivity index (χ0) is 22.7. The Kier molecular flexibility index (Phi) is 6.11. The van der Waals surface area contributed by atoms with Gasteiger partial charge in [0.2, 0.25) is 23.7 Å². The number of fused-ring (bicyclic) bond motifs is 1. The molecule has 3 N–H and O–H groups in total. The predicted octanol–water partition coefficient (Wildman–Crippen LogP) is 1.89. The smallest absolute Gasteiger partial charge is 0.308 e. The van der Waals surface area contributed by atoms with Crippen LogP contribution in [0.5, 0.6) is 0 Å². The number of carbonyl (C=O) groups excluding carboxylic acids is 3. The number of nitrogens with zero attached hydrogens (tertiary/aromatic N) is 4. The minimum atomic E-state index is -0.564. The number of carbonyl (C=O) groups is 3. The first-order valence-electron chi connectivity index (χ1n) is 10.4. The van der Waals surface area contributed by atoms with E-state index in [-0.39, 0.29) is 60.9 Å². The van der Waals surface area contributed by atoms with Crippen LogP contribution in [0.3, 0.4) is 0 Å². The number of amides is 2. The zero-order valence-electron chi connectivity index (χ0n) is 17.7. The first-order chi connectivity index (χ1) is 15.4. The Morgan fingerprint density at radius 3 is 2.50 bits per heavy atom. The zero-order valence-corrected chi connectivity index (χ0v) is 17.7. The molecule has 1 aliphatic heterocycles. The number of ether oxygens (including phenoxy) is 1. The van der Waals surface area contributed by atoms with E-state index >= 15 is 0 Å². The molecule has 1 aromatic heterocycles. The quantitative estimate of drug-likeness (QED) is 0.378. The van der Waals surface area contributed by atoms with Gasteiger partial charge in [0.05, 0.1) is 18.3 Å². The molecular formula is C22H24N6O4. The number of nitrogens with one attached hydrogen (secondary N) is 1. The van der Waals surface area contributed by atoms with Crippen molar-refractivity contribution in [3.63, 3.8) is 0 Å². The van der Waals surface area contributed by atoms with Gasteiger partial charge in [-0.25, -0.2) is 0 Å². The number of benzene rings is 1. The molecule has 1 saturated heterocycles. The standard InChI is InChI=1S/C22H24N6O4/c1-13-6-2-5-9-16(13)24-22-26-17(25-21(23)27-22)12-32-18(29)10-11-28-19(30)14-7-3-4-8-15(14)20(28)31/h2-6,9,14-15H,7-8,10-12H2,1H3,(H3,23,24,25,26,27)/t14-,15+. The second-order valence-corrected chi connectivity index (χ2v) is 7.77. The summed E-state index contributed by atoms with van der Waals surface area (Å²) in [4.78, 5) is 50.6. The lowest BCUT2D eigenvalue weighted by atomic mass is 9.85. The van der Waals surface area contributed by atoms with Crippen molar-refractivity contribution in [3.8, 4) is 0 Å². The number of nitrogens with two attached hydrogens (primary N) is 1. The maximum absolute atomic E-state index is 12.5. The van der Waals surface area contributed by atoms with E-state index in [1.54, 1.807) is 0 Å². The van der Waals surface area contributed by atoms with E-state index in [0.29, 0.717) is 12.8 Å². The van der Waals surface area contributed by atoms with E-state index in [1.807, 2.05) is 43.3 Å². The van der Waals surface area contributed by atoms with Crippen LogP contribution in [-0.2, 0) is 25.7 Å². The molecule has 10 heteroatoms. The van der Waals surface area contributed by atoms with E-state index in [0.717, 1.165) is 11.3 Å². The molecule has 0 unspecified atom stereocenters. The molecule has 2 heterocycles. The van der Waals surface area contributed by atoms with Gasteiger partial charge in [0, 0.05) is 12.2 Å². The molecule has 166 valence electrons. The van der Waals surface area contributed by atoms with Crippen molar-refractivity contribution in [2.45, 2.75) is 32.8 Å². The summed E-state index contributed by atoms with van der Waals surface area (Å²) in [6.45, 7) is 1.74. The molecule has 4 rings (SSSR count). The minimum Gasteiger partial charge on any atom is -0.457 e. The van der Waals surface area contributed by atoms with Crippen LogP contribution in [0.15, 0.2) is 36.4 Å². The summed E-state index contributed by atoms with van der Waals surface area (Å²) < 4.78 is 5.22. The molecule has 2 atom stereocenters. The third kappa shape index (κ3) is 4.58. The normalized spacial score (nSPS) is 19.7. The highest BCUT2D eigenvalue weighted by Gasteiger charge is 2.46. The van der Waals surface area contributed by atoms with Gasteiger partial charge < -0.3 is 15.8 Å². The van der Waals surface area contributed by atoms with E-state index in [2.05, 4.69) is 20.3 Å². The van der Waals surface area contributed by atoms with Crippen LogP contribution in [0.4, 0.5) is 17.6 Å². The lowest BCUT2D eigenvalue weighted by Crippen LogP contribution is -2.33. The van der Waals surface area contributed by atoms with Gasteiger partial charge in [-0.05, 0) is 31.4 Å². The van der Waals surface area contributed by atoms with Crippen molar-refractivity contribution >= 4 is 35.4 Å². The SMILES string of the molecule is Cc1ccccc1Nc1nc(N)nc(COC(=O)CCN2C(=O)[C@H]3CC=CC[C@H]3C2=O)n1. The molecule has 0 spiro atoms. The van der Waals surface area contributed by atoms with Crippen LogP contribution >= 0.6 is 0 Å². The number of likely N-dealkylation sites (tertiary alicyclic amines) is 1. The summed E-state index contributed by atoms with van der Waals surface area (Å²) >= 11 is 0. The Bertz CT molecular complexity index is 1060. The Hall–Kier alpha value is -3.82. The molecule has 0 bridgehead atoms. The molecule has 2 aliphatic rings. The van der Waals surface area contributed by atoms with Crippen molar-refractivity contribution in [1.82, 2.24) is 19.9 Å². The van der Waals surface area contributed by atoms with Crippen molar-refractivity contribution in [2.75, 3.05) is 17.6 Å². The number of aryl methyl sites for hydroxylation is 1. The second kappa shape index (κ2) is 9.13. The highest BCUT2D eigenvalue weighted by Crippen LogP contribution is 2.35. The van der Waals surface area contributed by atoms with Crippen molar-refractivity contribution in [3.05, 3.63) is 47.8 Å². The average molecular weight is 436 g/mol. The van der Waals surface area contributed by atoms with Crippen LogP contribution in [0, 0.1) is 18.8 Å². The summed E-state index contributed by atoms with van der Waals surface area (Å²) in [5.41, 5.74) is 7.57.